The van der Waals surface area contributed by atoms with Gasteiger partial charge in [0.2, 0.25) is 5.89 Å². The predicted octanol–water partition coefficient (Wildman–Crippen LogP) is 1.28. The van der Waals surface area contributed by atoms with Crippen molar-refractivity contribution in [1.29, 1.82) is 0 Å². The van der Waals surface area contributed by atoms with Crippen LogP contribution in [0.1, 0.15) is 37.9 Å². The van der Waals surface area contributed by atoms with Crippen LogP contribution in [-0.2, 0) is 6.42 Å². The smallest absolute Gasteiger partial charge is 0.226 e. The summed E-state index contributed by atoms with van der Waals surface area (Å²) in [5.74, 6) is 2.20. The Kier molecular flexibility index (Phi) is 7.85. The largest absolute Gasteiger partial charge is 0.370 e. The van der Waals surface area contributed by atoms with Crippen LogP contribution >= 0.6 is 24.0 Å². The van der Waals surface area contributed by atoms with Gasteiger partial charge < -0.3 is 15.6 Å². The summed E-state index contributed by atoms with van der Waals surface area (Å²) in [6, 6.07) is 0. The summed E-state index contributed by atoms with van der Waals surface area (Å²) in [7, 11) is 1.65. The molecule has 0 saturated carbocycles. The van der Waals surface area contributed by atoms with Crippen molar-refractivity contribution in [2.24, 2.45) is 10.7 Å². The lowest BCUT2D eigenvalue weighted by Crippen LogP contribution is -2.32. The molecule has 0 saturated heterocycles. The van der Waals surface area contributed by atoms with Crippen molar-refractivity contribution in [1.82, 2.24) is 15.5 Å². The first-order valence-electron chi connectivity index (χ1n) is 5.42. The van der Waals surface area contributed by atoms with E-state index in [4.69, 9.17) is 10.3 Å². The lowest BCUT2D eigenvalue weighted by molar-refractivity contribution is 0.368. The molecule has 0 bridgehead atoms. The Morgan fingerprint density at radius 3 is 2.76 bits per heavy atom. The summed E-state index contributed by atoms with van der Waals surface area (Å²) in [5, 5.41) is 6.86. The number of rotatable bonds is 5. The van der Waals surface area contributed by atoms with Gasteiger partial charge in [0.1, 0.15) is 0 Å². The average Bonchev–Trinajstić information content (AvgIpc) is 2.72. The number of aromatic nitrogens is 2. The van der Waals surface area contributed by atoms with Crippen LogP contribution in [-0.4, -0.2) is 29.7 Å². The van der Waals surface area contributed by atoms with Gasteiger partial charge in [-0.1, -0.05) is 19.0 Å². The van der Waals surface area contributed by atoms with Crippen molar-refractivity contribution in [3.8, 4) is 0 Å². The van der Waals surface area contributed by atoms with Gasteiger partial charge in [0.15, 0.2) is 11.8 Å². The second-order valence-corrected chi connectivity index (χ2v) is 3.84. The highest BCUT2D eigenvalue weighted by molar-refractivity contribution is 14.0. The average molecular weight is 353 g/mol. The SMILES string of the molecule is CN=C(N)NCCCc1nc(C(C)C)no1.I. The normalized spacial score (nSPS) is 11.4. The van der Waals surface area contributed by atoms with Gasteiger partial charge in [0, 0.05) is 25.9 Å². The molecule has 1 aromatic heterocycles. The van der Waals surface area contributed by atoms with E-state index in [1.807, 2.05) is 13.8 Å². The zero-order valence-corrected chi connectivity index (χ0v) is 12.8. The topological polar surface area (TPSA) is 89.3 Å². The maximum Gasteiger partial charge on any atom is 0.226 e. The fourth-order valence-corrected chi connectivity index (χ4v) is 1.14. The first-order chi connectivity index (χ1) is 7.63. The van der Waals surface area contributed by atoms with E-state index in [1.165, 1.54) is 0 Å². The summed E-state index contributed by atoms with van der Waals surface area (Å²) in [5.41, 5.74) is 5.48. The molecule has 1 rings (SSSR count). The van der Waals surface area contributed by atoms with Gasteiger partial charge in [0.05, 0.1) is 0 Å². The van der Waals surface area contributed by atoms with Crippen molar-refractivity contribution < 1.29 is 4.52 Å². The molecule has 0 aliphatic carbocycles. The van der Waals surface area contributed by atoms with E-state index in [0.717, 1.165) is 25.2 Å². The van der Waals surface area contributed by atoms with Crippen LogP contribution in [0.2, 0.25) is 0 Å². The van der Waals surface area contributed by atoms with Gasteiger partial charge in [-0.05, 0) is 6.42 Å². The summed E-state index contributed by atoms with van der Waals surface area (Å²) < 4.78 is 5.11. The molecule has 3 N–H and O–H groups in total. The van der Waals surface area contributed by atoms with Crippen LogP contribution in [0.15, 0.2) is 9.52 Å². The Bertz CT molecular complexity index is 350. The molecule has 7 heteroatoms. The van der Waals surface area contributed by atoms with E-state index in [2.05, 4.69) is 20.4 Å². The number of nitrogens with zero attached hydrogens (tertiary/aromatic N) is 3. The number of aryl methyl sites for hydroxylation is 1. The molecular formula is C10H20IN5O. The number of hydrogen-bond acceptors (Lipinski definition) is 4. The van der Waals surface area contributed by atoms with E-state index < -0.39 is 0 Å². The molecular weight excluding hydrogens is 333 g/mol. The molecule has 17 heavy (non-hydrogen) atoms. The number of halogens is 1. The fourth-order valence-electron chi connectivity index (χ4n) is 1.14. The molecule has 1 aromatic rings. The molecule has 1 heterocycles. The summed E-state index contributed by atoms with van der Waals surface area (Å²) in [6.45, 7) is 4.83. The predicted molar refractivity (Wildman–Crippen MR) is 77.7 cm³/mol. The lowest BCUT2D eigenvalue weighted by atomic mass is 10.2. The van der Waals surface area contributed by atoms with Crippen LogP contribution in [0.5, 0.6) is 0 Å². The van der Waals surface area contributed by atoms with Crippen molar-refractivity contribution in [3.63, 3.8) is 0 Å². The molecule has 0 unspecified atom stereocenters. The standard InChI is InChI=1S/C10H19N5O.HI/c1-7(2)9-14-8(16-15-9)5-4-6-13-10(11)12-3;/h7H,4-6H2,1-3H3,(H3,11,12,13);1H. The molecule has 98 valence electrons. The van der Waals surface area contributed by atoms with Crippen LogP contribution in [0.4, 0.5) is 0 Å². The first-order valence-corrected chi connectivity index (χ1v) is 5.42. The van der Waals surface area contributed by atoms with Crippen LogP contribution in [0.3, 0.4) is 0 Å². The van der Waals surface area contributed by atoms with Crippen molar-refractivity contribution in [3.05, 3.63) is 11.7 Å². The molecule has 0 spiro atoms. The van der Waals surface area contributed by atoms with Crippen molar-refractivity contribution in [2.45, 2.75) is 32.6 Å². The third-order valence-corrected chi connectivity index (χ3v) is 2.11. The molecule has 0 aliphatic rings. The summed E-state index contributed by atoms with van der Waals surface area (Å²) >= 11 is 0. The Labute approximate surface area is 118 Å². The quantitative estimate of drug-likeness (QED) is 0.360. The summed E-state index contributed by atoms with van der Waals surface area (Å²) in [6.07, 6.45) is 1.64. The fraction of sp³-hybridized carbons (Fsp3) is 0.700. The Morgan fingerprint density at radius 1 is 1.53 bits per heavy atom. The van der Waals surface area contributed by atoms with E-state index in [-0.39, 0.29) is 24.0 Å². The monoisotopic (exact) mass is 353 g/mol. The molecule has 0 radical (unpaired) electrons. The summed E-state index contributed by atoms with van der Waals surface area (Å²) in [4.78, 5) is 8.07. The minimum absolute atomic E-state index is 0. The number of nitrogens with one attached hydrogen (secondary N) is 1. The zero-order chi connectivity index (χ0) is 12.0. The van der Waals surface area contributed by atoms with Gasteiger partial charge in [-0.25, -0.2) is 0 Å². The van der Waals surface area contributed by atoms with Gasteiger partial charge in [-0.15, -0.1) is 24.0 Å². The van der Waals surface area contributed by atoms with Crippen LogP contribution in [0, 0.1) is 0 Å². The number of hydrogen-bond donors (Lipinski definition) is 2. The maximum absolute atomic E-state index is 5.48. The number of guanidine groups is 1. The molecule has 0 fully saturated rings. The van der Waals surface area contributed by atoms with Gasteiger partial charge in [-0.3, -0.25) is 4.99 Å². The van der Waals surface area contributed by atoms with Crippen LogP contribution < -0.4 is 11.1 Å². The number of nitrogens with two attached hydrogens (primary N) is 1. The van der Waals surface area contributed by atoms with E-state index >= 15 is 0 Å². The highest BCUT2D eigenvalue weighted by atomic mass is 127. The van der Waals surface area contributed by atoms with E-state index in [0.29, 0.717) is 17.8 Å². The minimum Gasteiger partial charge on any atom is -0.370 e. The lowest BCUT2D eigenvalue weighted by Gasteiger charge is -2.01. The highest BCUT2D eigenvalue weighted by Crippen LogP contribution is 2.10. The van der Waals surface area contributed by atoms with Gasteiger partial charge in [-0.2, -0.15) is 4.98 Å². The molecule has 6 nitrogen and oxygen atoms in total. The molecule has 0 amide bonds. The minimum atomic E-state index is 0. The maximum atomic E-state index is 5.48. The highest BCUT2D eigenvalue weighted by Gasteiger charge is 2.08. The second-order valence-electron chi connectivity index (χ2n) is 3.84. The Balaban J connectivity index is 0.00000256. The van der Waals surface area contributed by atoms with Gasteiger partial charge >= 0.3 is 0 Å². The third kappa shape index (κ3) is 5.85. The molecule has 0 aliphatic heterocycles. The zero-order valence-electron chi connectivity index (χ0n) is 10.4. The first kappa shape index (κ1) is 16.1. The molecule has 0 aromatic carbocycles. The number of aliphatic imine (C=N–C) groups is 1. The van der Waals surface area contributed by atoms with Crippen LogP contribution in [0.25, 0.3) is 0 Å². The van der Waals surface area contributed by atoms with E-state index in [9.17, 15) is 0 Å². The second kappa shape index (κ2) is 8.26. The Hall–Kier alpha value is -0.860. The van der Waals surface area contributed by atoms with E-state index in [1.54, 1.807) is 7.05 Å². The van der Waals surface area contributed by atoms with Gasteiger partial charge in [0.25, 0.3) is 0 Å². The van der Waals surface area contributed by atoms with Crippen molar-refractivity contribution >= 4 is 29.9 Å². The molecule has 0 atom stereocenters. The van der Waals surface area contributed by atoms with Crippen molar-refractivity contribution in [2.75, 3.05) is 13.6 Å². The Morgan fingerprint density at radius 2 is 2.24 bits per heavy atom. The third-order valence-electron chi connectivity index (χ3n) is 2.11.